The summed E-state index contributed by atoms with van der Waals surface area (Å²) in [6.07, 6.45) is 7.09. The lowest BCUT2D eigenvalue weighted by Crippen LogP contribution is -2.40. The number of aromatic nitrogens is 2. The van der Waals surface area contributed by atoms with E-state index in [1.807, 2.05) is 0 Å². The number of rotatable bonds is 7. The average Bonchev–Trinajstić information content (AvgIpc) is 2.82. The highest BCUT2D eigenvalue weighted by molar-refractivity contribution is 7.80. The van der Waals surface area contributed by atoms with E-state index in [4.69, 9.17) is 22.2 Å². The number of nitrogens with zero attached hydrogens (tertiary/aromatic N) is 4. The number of anilines is 3. The van der Waals surface area contributed by atoms with Gasteiger partial charge in [-0.2, -0.15) is 9.97 Å². The minimum atomic E-state index is 0.588. The summed E-state index contributed by atoms with van der Waals surface area (Å²) in [7, 11) is 0. The molecule has 0 saturated carbocycles. The van der Waals surface area contributed by atoms with Crippen molar-refractivity contribution in [3.05, 3.63) is 42.0 Å². The molecule has 2 fully saturated rings. The highest BCUT2D eigenvalue weighted by Crippen LogP contribution is 2.29. The van der Waals surface area contributed by atoms with Crippen molar-refractivity contribution in [2.45, 2.75) is 52.4 Å². The first-order chi connectivity index (χ1) is 16.1. The second-order valence-electron chi connectivity index (χ2n) is 9.78. The maximum atomic E-state index is 5.57. The third kappa shape index (κ3) is 7.03. The Labute approximate surface area is 204 Å². The number of hydrogen-bond acceptors (Lipinski definition) is 5. The van der Waals surface area contributed by atoms with Gasteiger partial charge in [0.15, 0.2) is 5.11 Å². The normalized spacial score (nSPS) is 21.0. The number of piperidine rings is 2. The van der Waals surface area contributed by atoms with E-state index in [9.17, 15) is 0 Å². The molecule has 7 heteroatoms. The van der Waals surface area contributed by atoms with Crippen LogP contribution in [0.4, 0.5) is 17.6 Å². The Hall–Kier alpha value is -2.41. The van der Waals surface area contributed by atoms with Gasteiger partial charge in [0.05, 0.1) is 0 Å². The molecule has 0 radical (unpaired) electrons. The van der Waals surface area contributed by atoms with Gasteiger partial charge in [-0.25, -0.2) is 0 Å². The number of aryl methyl sites for hydroxylation is 1. The fraction of sp³-hybridized carbons (Fsp3) is 0.577. The van der Waals surface area contributed by atoms with Crippen LogP contribution >= 0.6 is 12.2 Å². The van der Waals surface area contributed by atoms with Crippen LogP contribution in [-0.4, -0.2) is 47.8 Å². The van der Waals surface area contributed by atoms with E-state index in [-0.39, 0.29) is 0 Å². The summed E-state index contributed by atoms with van der Waals surface area (Å²) in [4.78, 5) is 14.6. The molecule has 0 amide bonds. The number of nitrogens with one attached hydrogen (secondary N) is 2. The van der Waals surface area contributed by atoms with Crippen molar-refractivity contribution in [2.75, 3.05) is 47.8 Å². The largest absolute Gasteiger partial charge is 0.362 e. The van der Waals surface area contributed by atoms with E-state index >= 15 is 0 Å². The Morgan fingerprint density at radius 1 is 0.970 bits per heavy atom. The molecule has 178 valence electrons. The first-order valence-corrected chi connectivity index (χ1v) is 13.0. The van der Waals surface area contributed by atoms with Gasteiger partial charge in [0, 0.05) is 38.8 Å². The molecule has 6 nitrogen and oxygen atoms in total. The number of benzene rings is 1. The van der Waals surface area contributed by atoms with Crippen molar-refractivity contribution >= 4 is 34.9 Å². The van der Waals surface area contributed by atoms with Gasteiger partial charge in [-0.15, -0.1) is 0 Å². The second kappa shape index (κ2) is 11.6. The van der Waals surface area contributed by atoms with E-state index < -0.39 is 0 Å². The summed E-state index contributed by atoms with van der Waals surface area (Å²) in [5, 5.41) is 7.18. The minimum Gasteiger partial charge on any atom is -0.362 e. The van der Waals surface area contributed by atoms with Crippen molar-refractivity contribution in [3.8, 4) is 0 Å². The Morgan fingerprint density at radius 2 is 1.64 bits per heavy atom. The van der Waals surface area contributed by atoms with E-state index in [1.54, 1.807) is 0 Å². The second-order valence-corrected chi connectivity index (χ2v) is 10.2. The molecule has 2 saturated heterocycles. The quantitative estimate of drug-likeness (QED) is 0.446. The average molecular weight is 467 g/mol. The summed E-state index contributed by atoms with van der Waals surface area (Å²) in [6.45, 7) is 9.70. The van der Waals surface area contributed by atoms with Crippen LogP contribution in [0.2, 0.25) is 0 Å². The van der Waals surface area contributed by atoms with Gasteiger partial charge >= 0.3 is 0 Å². The zero-order valence-electron chi connectivity index (χ0n) is 20.1. The van der Waals surface area contributed by atoms with Crippen molar-refractivity contribution in [3.63, 3.8) is 0 Å². The SMILES string of the molecule is CC1CC(C)CN(c2cc(N3CCCCC3)nc(NC(=S)NCCCc3ccccc3)n2)C1. The van der Waals surface area contributed by atoms with Gasteiger partial charge in [-0.05, 0) is 68.1 Å². The lowest BCUT2D eigenvalue weighted by molar-refractivity contribution is 0.355. The minimum absolute atomic E-state index is 0.588. The van der Waals surface area contributed by atoms with Gasteiger partial charge in [0.1, 0.15) is 11.6 Å². The van der Waals surface area contributed by atoms with Crippen molar-refractivity contribution < 1.29 is 0 Å². The van der Waals surface area contributed by atoms with Crippen LogP contribution in [0.1, 0.15) is 51.5 Å². The number of hydrogen-bond donors (Lipinski definition) is 2. The smallest absolute Gasteiger partial charge is 0.232 e. The molecule has 2 aromatic rings. The molecule has 1 aromatic carbocycles. The zero-order chi connectivity index (χ0) is 23.0. The molecule has 0 bridgehead atoms. The molecule has 2 aliphatic rings. The number of thiocarbonyl (C=S) groups is 1. The molecule has 0 spiro atoms. The third-order valence-electron chi connectivity index (χ3n) is 6.57. The Kier molecular flexibility index (Phi) is 8.37. The molecule has 3 heterocycles. The van der Waals surface area contributed by atoms with Crippen LogP contribution < -0.4 is 20.4 Å². The maximum Gasteiger partial charge on any atom is 0.232 e. The molecular formula is C26H38N6S. The van der Waals surface area contributed by atoms with Crippen LogP contribution in [-0.2, 0) is 6.42 Å². The van der Waals surface area contributed by atoms with E-state index in [0.717, 1.165) is 57.2 Å². The van der Waals surface area contributed by atoms with Gasteiger partial charge in [-0.1, -0.05) is 44.2 Å². The van der Waals surface area contributed by atoms with Gasteiger partial charge in [0.2, 0.25) is 5.95 Å². The van der Waals surface area contributed by atoms with E-state index in [0.29, 0.717) is 22.9 Å². The fourth-order valence-corrected chi connectivity index (χ4v) is 5.25. The first kappa shape index (κ1) is 23.7. The van der Waals surface area contributed by atoms with Crippen LogP contribution in [0.3, 0.4) is 0 Å². The predicted octanol–water partition coefficient (Wildman–Crippen LogP) is 4.87. The molecule has 0 aliphatic carbocycles. The molecule has 2 unspecified atom stereocenters. The van der Waals surface area contributed by atoms with Gasteiger partial charge in [0.25, 0.3) is 0 Å². The Bertz CT molecular complexity index is 889. The van der Waals surface area contributed by atoms with Crippen LogP contribution in [0.15, 0.2) is 36.4 Å². The highest BCUT2D eigenvalue weighted by Gasteiger charge is 2.25. The monoisotopic (exact) mass is 466 g/mol. The van der Waals surface area contributed by atoms with E-state index in [2.05, 4.69) is 70.7 Å². The summed E-state index contributed by atoms with van der Waals surface area (Å²) in [6, 6.07) is 12.7. The molecule has 2 aliphatic heterocycles. The molecule has 4 rings (SSSR count). The Balaban J connectivity index is 1.41. The van der Waals surface area contributed by atoms with E-state index in [1.165, 1.54) is 31.2 Å². The van der Waals surface area contributed by atoms with Gasteiger partial charge in [-0.3, -0.25) is 0 Å². The van der Waals surface area contributed by atoms with Crippen LogP contribution in [0.25, 0.3) is 0 Å². The lowest BCUT2D eigenvalue weighted by Gasteiger charge is -2.36. The molecular weight excluding hydrogens is 428 g/mol. The summed E-state index contributed by atoms with van der Waals surface area (Å²) in [5.41, 5.74) is 1.35. The summed E-state index contributed by atoms with van der Waals surface area (Å²) >= 11 is 5.57. The van der Waals surface area contributed by atoms with Crippen molar-refractivity contribution in [1.29, 1.82) is 0 Å². The fourth-order valence-electron chi connectivity index (χ4n) is 5.06. The molecule has 1 aromatic heterocycles. The molecule has 2 N–H and O–H groups in total. The Morgan fingerprint density at radius 3 is 2.33 bits per heavy atom. The van der Waals surface area contributed by atoms with Crippen LogP contribution in [0, 0.1) is 11.8 Å². The van der Waals surface area contributed by atoms with Crippen molar-refractivity contribution in [2.24, 2.45) is 11.8 Å². The summed E-state index contributed by atoms with van der Waals surface area (Å²) < 4.78 is 0. The highest BCUT2D eigenvalue weighted by atomic mass is 32.1. The topological polar surface area (TPSA) is 56.3 Å². The summed E-state index contributed by atoms with van der Waals surface area (Å²) in [5.74, 6) is 3.97. The zero-order valence-corrected chi connectivity index (χ0v) is 20.9. The third-order valence-corrected chi connectivity index (χ3v) is 6.81. The standard InChI is InChI=1S/C26H38N6S/c1-20-16-21(2)19-32(18-20)24-17-23(31-14-7-4-8-15-31)28-25(29-24)30-26(33)27-13-9-12-22-10-5-3-6-11-22/h3,5-6,10-11,17,20-21H,4,7-9,12-16,18-19H2,1-2H3,(H2,27,28,29,30,33). The lowest BCUT2D eigenvalue weighted by atomic mass is 9.92. The van der Waals surface area contributed by atoms with Gasteiger partial charge < -0.3 is 20.4 Å². The maximum absolute atomic E-state index is 5.57. The van der Waals surface area contributed by atoms with Crippen LogP contribution in [0.5, 0.6) is 0 Å². The van der Waals surface area contributed by atoms with Crippen molar-refractivity contribution in [1.82, 2.24) is 15.3 Å². The molecule has 2 atom stereocenters. The predicted molar refractivity (Wildman–Crippen MR) is 142 cm³/mol. The molecule has 33 heavy (non-hydrogen) atoms. The first-order valence-electron chi connectivity index (χ1n) is 12.5.